The first-order valence-corrected chi connectivity index (χ1v) is 7.30. The van der Waals surface area contributed by atoms with Crippen molar-refractivity contribution in [1.29, 1.82) is 0 Å². The Morgan fingerprint density at radius 1 is 1.14 bits per heavy atom. The number of rotatable bonds is 4. The van der Waals surface area contributed by atoms with Crippen LogP contribution >= 0.6 is 15.9 Å². The molecular formula is C14H13BrN6. The molecule has 6 nitrogen and oxygen atoms in total. The summed E-state index contributed by atoms with van der Waals surface area (Å²) in [6.45, 7) is 2.74. The highest BCUT2D eigenvalue weighted by Crippen LogP contribution is 2.20. The van der Waals surface area contributed by atoms with Gasteiger partial charge in [0.25, 0.3) is 0 Å². The maximum absolute atomic E-state index is 4.50. The quantitative estimate of drug-likeness (QED) is 0.787. The van der Waals surface area contributed by atoms with E-state index in [0.717, 1.165) is 16.6 Å². The summed E-state index contributed by atoms with van der Waals surface area (Å²) in [5.74, 6) is 1.71. The minimum absolute atomic E-state index is 0.538. The zero-order valence-corrected chi connectivity index (χ0v) is 12.9. The molecule has 3 rings (SSSR count). The summed E-state index contributed by atoms with van der Waals surface area (Å²) >= 11 is 3.43. The Balaban J connectivity index is 2.09. The number of anilines is 1. The first kappa shape index (κ1) is 13.7. The molecule has 0 aliphatic carbocycles. The lowest BCUT2D eigenvalue weighted by atomic mass is 10.2. The molecule has 1 N–H and O–H groups in total. The van der Waals surface area contributed by atoms with Gasteiger partial charge in [-0.25, -0.2) is 4.98 Å². The number of hydrogen-bond donors (Lipinski definition) is 1. The molecule has 7 heteroatoms. The van der Waals surface area contributed by atoms with Crippen LogP contribution in [0.3, 0.4) is 0 Å². The van der Waals surface area contributed by atoms with Crippen LogP contribution in [0.1, 0.15) is 6.92 Å². The Bertz CT molecular complexity index is 724. The van der Waals surface area contributed by atoms with E-state index in [4.69, 9.17) is 0 Å². The van der Waals surface area contributed by atoms with Crippen molar-refractivity contribution in [2.24, 2.45) is 0 Å². The molecule has 3 aromatic rings. The third-order valence-electron chi connectivity index (χ3n) is 2.80. The standard InChI is InChI=1S/C14H13BrN6/c1-2-17-13-18-12(10-3-5-11(15)6-4-10)19-14(20-13)21-8-7-16-9-21/h3-9H,2H2,1H3,(H,17,18,19,20). The van der Waals surface area contributed by atoms with Gasteiger partial charge in [-0.1, -0.05) is 28.1 Å². The topological polar surface area (TPSA) is 68.5 Å². The van der Waals surface area contributed by atoms with Gasteiger partial charge in [0.15, 0.2) is 5.82 Å². The van der Waals surface area contributed by atoms with Crippen LogP contribution in [0.2, 0.25) is 0 Å². The summed E-state index contributed by atoms with van der Waals surface area (Å²) < 4.78 is 2.77. The van der Waals surface area contributed by atoms with Gasteiger partial charge in [0.2, 0.25) is 11.9 Å². The van der Waals surface area contributed by atoms with E-state index in [0.29, 0.717) is 17.7 Å². The average Bonchev–Trinajstić information content (AvgIpc) is 3.02. The zero-order chi connectivity index (χ0) is 14.7. The maximum Gasteiger partial charge on any atom is 0.240 e. The van der Waals surface area contributed by atoms with Gasteiger partial charge in [0, 0.05) is 29.0 Å². The van der Waals surface area contributed by atoms with Gasteiger partial charge in [-0.3, -0.25) is 4.57 Å². The molecule has 0 atom stereocenters. The van der Waals surface area contributed by atoms with E-state index in [9.17, 15) is 0 Å². The molecular weight excluding hydrogens is 332 g/mol. The number of nitrogens with zero attached hydrogens (tertiary/aromatic N) is 5. The van der Waals surface area contributed by atoms with Gasteiger partial charge in [0.1, 0.15) is 6.33 Å². The fourth-order valence-electron chi connectivity index (χ4n) is 1.82. The Labute approximate surface area is 130 Å². The van der Waals surface area contributed by atoms with Gasteiger partial charge < -0.3 is 5.32 Å². The van der Waals surface area contributed by atoms with Gasteiger partial charge in [-0.2, -0.15) is 15.0 Å². The summed E-state index contributed by atoms with van der Waals surface area (Å²) in [4.78, 5) is 17.4. The van der Waals surface area contributed by atoms with Crippen molar-refractivity contribution in [2.75, 3.05) is 11.9 Å². The molecule has 0 saturated carbocycles. The second-order valence-corrected chi connectivity index (χ2v) is 5.21. The molecule has 2 aromatic heterocycles. The largest absolute Gasteiger partial charge is 0.354 e. The predicted octanol–water partition coefficient (Wildman–Crippen LogP) is 2.92. The molecule has 0 bridgehead atoms. The third-order valence-corrected chi connectivity index (χ3v) is 3.32. The number of imidazole rings is 1. The van der Waals surface area contributed by atoms with Crippen LogP contribution in [0.25, 0.3) is 17.3 Å². The highest BCUT2D eigenvalue weighted by atomic mass is 79.9. The third kappa shape index (κ3) is 3.08. The van der Waals surface area contributed by atoms with Gasteiger partial charge >= 0.3 is 0 Å². The molecule has 0 unspecified atom stereocenters. The molecule has 106 valence electrons. The van der Waals surface area contributed by atoms with Crippen LogP contribution in [0.5, 0.6) is 0 Å². The van der Waals surface area contributed by atoms with Gasteiger partial charge in [0.05, 0.1) is 0 Å². The summed E-state index contributed by atoms with van der Waals surface area (Å²) in [5.41, 5.74) is 0.932. The molecule has 21 heavy (non-hydrogen) atoms. The van der Waals surface area contributed by atoms with Crippen molar-refractivity contribution >= 4 is 21.9 Å². The normalized spacial score (nSPS) is 10.6. The number of nitrogens with one attached hydrogen (secondary N) is 1. The van der Waals surface area contributed by atoms with Crippen molar-refractivity contribution in [3.05, 3.63) is 47.5 Å². The van der Waals surface area contributed by atoms with E-state index in [-0.39, 0.29) is 0 Å². The molecule has 0 fully saturated rings. The van der Waals surface area contributed by atoms with E-state index in [1.165, 1.54) is 0 Å². The molecule has 0 amide bonds. The fourth-order valence-corrected chi connectivity index (χ4v) is 2.09. The van der Waals surface area contributed by atoms with E-state index in [1.807, 2.05) is 31.2 Å². The highest BCUT2D eigenvalue weighted by Gasteiger charge is 2.09. The Hall–Kier alpha value is -2.28. The molecule has 2 heterocycles. The number of benzene rings is 1. The lowest BCUT2D eigenvalue weighted by molar-refractivity contribution is 0.896. The first-order chi connectivity index (χ1) is 10.3. The summed E-state index contributed by atoms with van der Waals surface area (Å²) in [6.07, 6.45) is 5.16. The zero-order valence-electron chi connectivity index (χ0n) is 11.4. The second-order valence-electron chi connectivity index (χ2n) is 4.29. The lowest BCUT2D eigenvalue weighted by Crippen LogP contribution is -2.09. The molecule has 0 radical (unpaired) electrons. The number of hydrogen-bond acceptors (Lipinski definition) is 5. The van der Waals surface area contributed by atoms with E-state index >= 15 is 0 Å². The van der Waals surface area contributed by atoms with E-state index in [1.54, 1.807) is 23.3 Å². The minimum atomic E-state index is 0.538. The minimum Gasteiger partial charge on any atom is -0.354 e. The van der Waals surface area contributed by atoms with Crippen molar-refractivity contribution in [2.45, 2.75) is 6.92 Å². The van der Waals surface area contributed by atoms with Crippen molar-refractivity contribution in [3.63, 3.8) is 0 Å². The van der Waals surface area contributed by atoms with Crippen LogP contribution in [0.4, 0.5) is 5.95 Å². The Kier molecular flexibility index (Phi) is 3.92. The fraction of sp³-hybridized carbons (Fsp3) is 0.143. The summed E-state index contributed by atoms with van der Waals surface area (Å²) in [6, 6.07) is 7.85. The summed E-state index contributed by atoms with van der Waals surface area (Å²) in [7, 11) is 0. The number of halogens is 1. The molecule has 0 spiro atoms. The second kappa shape index (κ2) is 6.01. The van der Waals surface area contributed by atoms with E-state index in [2.05, 4.69) is 41.2 Å². The molecule has 0 aliphatic heterocycles. The maximum atomic E-state index is 4.50. The van der Waals surface area contributed by atoms with Crippen LogP contribution in [0, 0.1) is 0 Å². The van der Waals surface area contributed by atoms with Crippen molar-refractivity contribution in [3.8, 4) is 17.3 Å². The number of aromatic nitrogens is 5. The average molecular weight is 345 g/mol. The Morgan fingerprint density at radius 3 is 2.62 bits per heavy atom. The van der Waals surface area contributed by atoms with Crippen LogP contribution in [-0.4, -0.2) is 31.0 Å². The van der Waals surface area contributed by atoms with Crippen LogP contribution in [-0.2, 0) is 0 Å². The first-order valence-electron chi connectivity index (χ1n) is 6.50. The molecule has 0 saturated heterocycles. The predicted molar refractivity (Wildman–Crippen MR) is 84.2 cm³/mol. The lowest BCUT2D eigenvalue weighted by Gasteiger charge is -2.08. The van der Waals surface area contributed by atoms with Gasteiger partial charge in [-0.05, 0) is 19.1 Å². The van der Waals surface area contributed by atoms with Crippen molar-refractivity contribution < 1.29 is 0 Å². The molecule has 0 aliphatic rings. The monoisotopic (exact) mass is 344 g/mol. The van der Waals surface area contributed by atoms with Crippen LogP contribution in [0.15, 0.2) is 47.5 Å². The van der Waals surface area contributed by atoms with E-state index < -0.39 is 0 Å². The smallest absolute Gasteiger partial charge is 0.240 e. The van der Waals surface area contributed by atoms with Crippen LogP contribution < -0.4 is 5.32 Å². The molecule has 1 aromatic carbocycles. The summed E-state index contributed by atoms with van der Waals surface area (Å²) in [5, 5.41) is 3.13. The van der Waals surface area contributed by atoms with Crippen molar-refractivity contribution in [1.82, 2.24) is 24.5 Å². The SMILES string of the molecule is CCNc1nc(-c2ccc(Br)cc2)nc(-n2ccnc2)n1. The van der Waals surface area contributed by atoms with Gasteiger partial charge in [-0.15, -0.1) is 0 Å². The highest BCUT2D eigenvalue weighted by molar-refractivity contribution is 9.10. The Morgan fingerprint density at radius 2 is 1.95 bits per heavy atom.